The van der Waals surface area contributed by atoms with E-state index in [9.17, 15) is 0 Å². The van der Waals surface area contributed by atoms with Crippen LogP contribution >= 0.6 is 0 Å². The zero-order chi connectivity index (χ0) is 18.0. The Balaban J connectivity index is 0.00000140. The number of allylic oxidation sites excluding steroid dienone is 5. The first-order chi connectivity index (χ1) is 12.8. The fourth-order valence-electron chi connectivity index (χ4n) is 5.14. The molecule has 0 heterocycles. The number of halogens is 2. The molecule has 29 heavy (non-hydrogen) atoms. The fraction of sp³-hybridized carbons (Fsp3) is 0.308. The standard InChI is InChI=1S/C26H28.2ClH.Hf/c1-3-5-18-26(17-4-2,21-12-7-8-13-21)25-16-10-15-23-22-14-9-6-11-20(22)19-24(23)25;;;/h3,6-16,21H,1,4-5,17-19H2,2H3;2*1H;/p-2. The van der Waals surface area contributed by atoms with Gasteiger partial charge in [-0.2, -0.15) is 0 Å². The van der Waals surface area contributed by atoms with Crippen molar-refractivity contribution < 1.29 is 50.7 Å². The Kier molecular flexibility index (Phi) is 10.4. The van der Waals surface area contributed by atoms with Crippen LogP contribution in [0, 0.1) is 5.92 Å². The maximum absolute atomic E-state index is 4.01. The van der Waals surface area contributed by atoms with Crippen LogP contribution in [0.1, 0.15) is 49.3 Å². The minimum atomic E-state index is 0. The molecule has 1 atom stereocenters. The van der Waals surface area contributed by atoms with Gasteiger partial charge in [-0.05, 0) is 53.5 Å². The monoisotopic (exact) mass is 590 g/mol. The summed E-state index contributed by atoms with van der Waals surface area (Å²) in [6, 6.07) is 15.9. The predicted octanol–water partition coefficient (Wildman–Crippen LogP) is 1.01. The summed E-state index contributed by atoms with van der Waals surface area (Å²) in [7, 11) is 0. The van der Waals surface area contributed by atoms with Gasteiger partial charge in [-0.1, -0.05) is 86.2 Å². The maximum atomic E-state index is 4.01. The van der Waals surface area contributed by atoms with Gasteiger partial charge in [-0.15, -0.1) is 6.58 Å². The van der Waals surface area contributed by atoms with Crippen molar-refractivity contribution in [3.05, 3.63) is 96.1 Å². The Morgan fingerprint density at radius 2 is 1.66 bits per heavy atom. The molecule has 2 aliphatic carbocycles. The summed E-state index contributed by atoms with van der Waals surface area (Å²) in [6.45, 7) is 6.34. The molecule has 0 aliphatic heterocycles. The van der Waals surface area contributed by atoms with Crippen LogP contribution in [0.2, 0.25) is 0 Å². The molecule has 0 aromatic heterocycles. The summed E-state index contributed by atoms with van der Waals surface area (Å²) < 4.78 is 0. The number of rotatable bonds is 7. The summed E-state index contributed by atoms with van der Waals surface area (Å²) in [5.74, 6) is 0.484. The molecule has 0 amide bonds. The third kappa shape index (κ3) is 4.73. The molecule has 4 rings (SSSR count). The first-order valence-corrected chi connectivity index (χ1v) is 9.96. The molecule has 2 aliphatic rings. The van der Waals surface area contributed by atoms with Crippen LogP contribution in [0.5, 0.6) is 0 Å². The molecule has 0 nitrogen and oxygen atoms in total. The van der Waals surface area contributed by atoms with E-state index in [1.807, 2.05) is 0 Å². The van der Waals surface area contributed by atoms with Crippen molar-refractivity contribution in [2.24, 2.45) is 5.92 Å². The second kappa shape index (κ2) is 11.5. The zero-order valence-corrected chi connectivity index (χ0v) is 22.1. The van der Waals surface area contributed by atoms with Crippen molar-refractivity contribution in [2.45, 2.75) is 44.4 Å². The topological polar surface area (TPSA) is 0 Å². The molecule has 0 radical (unpaired) electrons. The number of hydrogen-bond acceptors (Lipinski definition) is 0. The third-order valence-electron chi connectivity index (χ3n) is 6.26. The number of benzene rings is 2. The van der Waals surface area contributed by atoms with Gasteiger partial charge in [-0.3, -0.25) is 0 Å². The van der Waals surface area contributed by atoms with Gasteiger partial charge in [-0.25, -0.2) is 0 Å². The molecule has 0 saturated heterocycles. The molecule has 0 saturated carbocycles. The second-order valence-electron chi connectivity index (χ2n) is 7.69. The van der Waals surface area contributed by atoms with Crippen LogP contribution in [0.15, 0.2) is 79.4 Å². The van der Waals surface area contributed by atoms with E-state index in [1.54, 1.807) is 11.1 Å². The van der Waals surface area contributed by atoms with Crippen molar-refractivity contribution in [1.29, 1.82) is 0 Å². The summed E-state index contributed by atoms with van der Waals surface area (Å²) in [4.78, 5) is 0. The molecule has 0 N–H and O–H groups in total. The van der Waals surface area contributed by atoms with E-state index in [0.29, 0.717) is 5.92 Å². The van der Waals surface area contributed by atoms with Gasteiger partial charge in [0.2, 0.25) is 0 Å². The van der Waals surface area contributed by atoms with Gasteiger partial charge < -0.3 is 24.8 Å². The smallest absolute Gasteiger partial charge is 0.00565 e. The average molecular weight is 590 g/mol. The molecule has 0 fully saturated rings. The Labute approximate surface area is 207 Å². The largest absolute Gasteiger partial charge is 1.00 e. The first kappa shape index (κ1) is 26.1. The van der Waals surface area contributed by atoms with E-state index in [2.05, 4.69) is 86.3 Å². The molecule has 1 unspecified atom stereocenters. The van der Waals surface area contributed by atoms with E-state index in [0.717, 1.165) is 19.3 Å². The van der Waals surface area contributed by atoms with Crippen molar-refractivity contribution >= 4 is 0 Å². The van der Waals surface area contributed by atoms with Crippen LogP contribution in [0.25, 0.3) is 11.1 Å². The van der Waals surface area contributed by atoms with Gasteiger partial charge in [0, 0.05) is 37.2 Å². The third-order valence-corrected chi connectivity index (χ3v) is 6.26. The van der Waals surface area contributed by atoms with Gasteiger partial charge in [0.25, 0.3) is 0 Å². The van der Waals surface area contributed by atoms with Crippen molar-refractivity contribution in [1.82, 2.24) is 0 Å². The Morgan fingerprint density at radius 1 is 0.966 bits per heavy atom. The van der Waals surface area contributed by atoms with E-state index >= 15 is 0 Å². The molecule has 2 aromatic rings. The Hall–Kier alpha value is -0.890. The van der Waals surface area contributed by atoms with Crippen molar-refractivity contribution in [2.75, 3.05) is 0 Å². The van der Waals surface area contributed by atoms with Gasteiger partial charge >= 0.3 is 0 Å². The number of fused-ring (bicyclic) bond motifs is 3. The van der Waals surface area contributed by atoms with Crippen LogP contribution in [0.3, 0.4) is 0 Å². The second-order valence-corrected chi connectivity index (χ2v) is 7.69. The van der Waals surface area contributed by atoms with Gasteiger partial charge in [0.1, 0.15) is 0 Å². The molecule has 0 spiro atoms. The Morgan fingerprint density at radius 3 is 2.34 bits per heavy atom. The van der Waals surface area contributed by atoms with E-state index in [-0.39, 0.29) is 56.1 Å². The van der Waals surface area contributed by atoms with Crippen LogP contribution in [0.4, 0.5) is 0 Å². The van der Waals surface area contributed by atoms with E-state index in [4.69, 9.17) is 0 Å². The van der Waals surface area contributed by atoms with Gasteiger partial charge in [0.05, 0.1) is 0 Å². The van der Waals surface area contributed by atoms with E-state index < -0.39 is 0 Å². The SMILES string of the molecule is C=CCCC(CCC)(c1cccc2c1Cc1ccccc1-2)C1C=CC=C1.[Cl-].[Cl-].[Hf]. The summed E-state index contributed by atoms with van der Waals surface area (Å²) >= 11 is 0. The number of hydrogen-bond donors (Lipinski definition) is 0. The molecule has 2 aromatic carbocycles. The van der Waals surface area contributed by atoms with Crippen LogP contribution in [-0.2, 0) is 37.7 Å². The average Bonchev–Trinajstić information content (AvgIpc) is 3.33. The fourth-order valence-corrected chi connectivity index (χ4v) is 5.14. The molecule has 0 bridgehead atoms. The molecular formula is C26H28Cl2Hf-2. The maximum Gasteiger partial charge on any atom is 0.00565 e. The summed E-state index contributed by atoms with van der Waals surface area (Å²) in [5, 5.41) is 0. The van der Waals surface area contributed by atoms with Crippen molar-refractivity contribution in [3.63, 3.8) is 0 Å². The summed E-state index contributed by atoms with van der Waals surface area (Å²) in [6.07, 6.45) is 17.1. The first-order valence-electron chi connectivity index (χ1n) is 9.96. The molecule has 152 valence electrons. The zero-order valence-electron chi connectivity index (χ0n) is 17.0. The predicted molar refractivity (Wildman–Crippen MR) is 112 cm³/mol. The van der Waals surface area contributed by atoms with Crippen LogP contribution in [-0.4, -0.2) is 0 Å². The van der Waals surface area contributed by atoms with Gasteiger partial charge in [0.15, 0.2) is 0 Å². The quantitative estimate of drug-likeness (QED) is 0.285. The molecular weight excluding hydrogens is 562 g/mol. The minimum absolute atomic E-state index is 0. The normalized spacial score (nSPS) is 15.3. The summed E-state index contributed by atoms with van der Waals surface area (Å²) in [5.41, 5.74) is 7.64. The van der Waals surface area contributed by atoms with E-state index in [1.165, 1.54) is 29.5 Å². The molecule has 3 heteroatoms. The van der Waals surface area contributed by atoms with Crippen molar-refractivity contribution in [3.8, 4) is 11.1 Å². The minimum Gasteiger partial charge on any atom is -1.00 e. The Bertz CT molecular complexity index is 872. The van der Waals surface area contributed by atoms with Crippen LogP contribution < -0.4 is 24.8 Å².